The lowest BCUT2D eigenvalue weighted by atomic mass is 9.93. The highest BCUT2D eigenvalue weighted by atomic mass is 35.5. The van der Waals surface area contributed by atoms with Crippen molar-refractivity contribution < 1.29 is 0 Å². The summed E-state index contributed by atoms with van der Waals surface area (Å²) in [5, 5.41) is 9.00. The van der Waals surface area contributed by atoms with E-state index >= 15 is 0 Å². The first-order valence-electron chi connectivity index (χ1n) is 7.52. The Morgan fingerprint density at radius 3 is 2.63 bits per heavy atom. The van der Waals surface area contributed by atoms with Gasteiger partial charge < -0.3 is 5.32 Å². The van der Waals surface area contributed by atoms with Crippen LogP contribution in [0.3, 0.4) is 0 Å². The summed E-state index contributed by atoms with van der Waals surface area (Å²) in [6, 6.07) is 0.626. The minimum atomic E-state index is 0.626. The molecule has 0 amide bonds. The summed E-state index contributed by atoms with van der Waals surface area (Å²) in [4.78, 5) is 0. The van der Waals surface area contributed by atoms with Crippen molar-refractivity contribution in [3.8, 4) is 0 Å². The highest BCUT2D eigenvalue weighted by Gasteiger charge is 2.31. The summed E-state index contributed by atoms with van der Waals surface area (Å²) in [5.41, 5.74) is 2.12. The van der Waals surface area contributed by atoms with Crippen molar-refractivity contribution in [1.82, 2.24) is 15.1 Å². The van der Waals surface area contributed by atoms with E-state index in [9.17, 15) is 0 Å². The maximum atomic E-state index is 6.38. The zero-order chi connectivity index (χ0) is 14.0. The van der Waals surface area contributed by atoms with Gasteiger partial charge in [-0.15, -0.1) is 0 Å². The van der Waals surface area contributed by atoms with E-state index in [1.54, 1.807) is 0 Å². The normalized spacial score (nSPS) is 27.1. The van der Waals surface area contributed by atoms with Crippen LogP contribution in [0.25, 0.3) is 0 Å². The highest BCUT2D eigenvalue weighted by Crippen LogP contribution is 2.34. The summed E-state index contributed by atoms with van der Waals surface area (Å²) in [6.07, 6.45) is 4.83. The molecule has 1 aliphatic rings. The summed E-state index contributed by atoms with van der Waals surface area (Å²) in [5.74, 6) is 1.65. The fraction of sp³-hybridized carbons (Fsp3) is 0.800. The van der Waals surface area contributed by atoms with E-state index < -0.39 is 0 Å². The van der Waals surface area contributed by atoms with E-state index in [0.29, 0.717) is 6.04 Å². The molecule has 3 atom stereocenters. The topological polar surface area (TPSA) is 29.9 Å². The molecule has 108 valence electrons. The first-order valence-corrected chi connectivity index (χ1v) is 7.89. The first-order chi connectivity index (χ1) is 9.08. The number of aromatic nitrogens is 2. The van der Waals surface area contributed by atoms with Crippen molar-refractivity contribution in [3.63, 3.8) is 0 Å². The average molecular weight is 284 g/mol. The van der Waals surface area contributed by atoms with Crippen molar-refractivity contribution in [1.29, 1.82) is 0 Å². The van der Waals surface area contributed by atoms with Gasteiger partial charge in [0.1, 0.15) is 0 Å². The van der Waals surface area contributed by atoms with Crippen LogP contribution in [0, 0.1) is 11.8 Å². The predicted molar refractivity (Wildman–Crippen MR) is 80.4 cm³/mol. The Labute approximate surface area is 121 Å². The second-order valence-corrected chi connectivity index (χ2v) is 6.15. The fourth-order valence-corrected chi connectivity index (χ4v) is 3.71. The molecule has 0 bridgehead atoms. The van der Waals surface area contributed by atoms with Crippen LogP contribution in [0.1, 0.15) is 51.4 Å². The molecule has 0 aromatic carbocycles. The molecule has 1 heterocycles. The van der Waals surface area contributed by atoms with Crippen LogP contribution in [-0.4, -0.2) is 15.8 Å². The van der Waals surface area contributed by atoms with Crippen molar-refractivity contribution >= 4 is 11.6 Å². The van der Waals surface area contributed by atoms with Crippen molar-refractivity contribution in [2.75, 3.05) is 0 Å². The van der Waals surface area contributed by atoms with Crippen LogP contribution in [0.2, 0.25) is 5.02 Å². The molecule has 0 saturated heterocycles. The van der Waals surface area contributed by atoms with Crippen LogP contribution in [0.4, 0.5) is 0 Å². The monoisotopic (exact) mass is 283 g/mol. The van der Waals surface area contributed by atoms with Gasteiger partial charge in [0.05, 0.1) is 16.4 Å². The molecule has 4 heteroatoms. The molecule has 1 N–H and O–H groups in total. The van der Waals surface area contributed by atoms with Gasteiger partial charge in [-0.2, -0.15) is 5.10 Å². The van der Waals surface area contributed by atoms with Crippen molar-refractivity contribution in [3.05, 3.63) is 16.4 Å². The maximum Gasteiger partial charge on any atom is 0.0863 e. The zero-order valence-corrected chi connectivity index (χ0v) is 13.3. The Bertz CT molecular complexity index is 427. The smallest absolute Gasteiger partial charge is 0.0863 e. The van der Waals surface area contributed by atoms with Crippen LogP contribution in [0.15, 0.2) is 0 Å². The second-order valence-electron chi connectivity index (χ2n) is 5.78. The Hall–Kier alpha value is -0.540. The predicted octanol–water partition coefficient (Wildman–Crippen LogP) is 3.55. The molecule has 19 heavy (non-hydrogen) atoms. The Morgan fingerprint density at radius 1 is 1.37 bits per heavy atom. The summed E-state index contributed by atoms with van der Waals surface area (Å²) in [7, 11) is 1.98. The second kappa shape index (κ2) is 6.27. The quantitative estimate of drug-likeness (QED) is 0.896. The minimum absolute atomic E-state index is 0.626. The van der Waals surface area contributed by atoms with Gasteiger partial charge in [-0.25, -0.2) is 0 Å². The minimum Gasteiger partial charge on any atom is -0.308 e. The molecular formula is C15H26ClN3. The molecule has 0 spiro atoms. The standard InChI is InChI=1S/C15H26ClN3/c1-5-11-7-8-13(10(11)3)17-9-14-15(16)12(6-2)18-19(14)4/h10-11,13,17H,5-9H2,1-4H3. The number of hydrogen-bond acceptors (Lipinski definition) is 2. The molecule has 1 aromatic rings. The SMILES string of the molecule is CCc1nn(C)c(CNC2CCC(CC)C2C)c1Cl. The van der Waals surface area contributed by atoms with Crippen molar-refractivity contribution in [2.24, 2.45) is 18.9 Å². The molecule has 3 unspecified atom stereocenters. The van der Waals surface area contributed by atoms with E-state index in [1.165, 1.54) is 19.3 Å². The molecule has 1 aromatic heterocycles. The molecule has 0 radical (unpaired) electrons. The number of hydrogen-bond donors (Lipinski definition) is 1. The van der Waals surface area contributed by atoms with E-state index in [0.717, 1.165) is 41.2 Å². The number of nitrogens with one attached hydrogen (secondary N) is 1. The lowest BCUT2D eigenvalue weighted by Gasteiger charge is -2.21. The van der Waals surface area contributed by atoms with E-state index in [-0.39, 0.29) is 0 Å². The van der Waals surface area contributed by atoms with Crippen LogP contribution >= 0.6 is 11.6 Å². The Kier molecular flexibility index (Phi) is 4.91. The fourth-order valence-electron chi connectivity index (χ4n) is 3.35. The summed E-state index contributed by atoms with van der Waals surface area (Å²) < 4.78 is 1.92. The third-order valence-corrected chi connectivity index (χ3v) is 5.22. The maximum absolute atomic E-state index is 6.38. The summed E-state index contributed by atoms with van der Waals surface area (Å²) in [6.45, 7) is 7.60. The summed E-state index contributed by atoms with van der Waals surface area (Å²) >= 11 is 6.38. The van der Waals surface area contributed by atoms with Gasteiger partial charge in [-0.05, 0) is 31.1 Å². The third kappa shape index (κ3) is 2.97. The van der Waals surface area contributed by atoms with Gasteiger partial charge >= 0.3 is 0 Å². The molecule has 1 fully saturated rings. The van der Waals surface area contributed by atoms with Crippen LogP contribution in [0.5, 0.6) is 0 Å². The van der Waals surface area contributed by atoms with Crippen LogP contribution in [-0.2, 0) is 20.0 Å². The van der Waals surface area contributed by atoms with Gasteiger partial charge in [-0.1, -0.05) is 38.8 Å². The van der Waals surface area contributed by atoms with Crippen molar-refractivity contribution in [2.45, 2.75) is 59.0 Å². The number of nitrogens with zero attached hydrogens (tertiary/aromatic N) is 2. The number of halogens is 1. The molecule has 1 saturated carbocycles. The lowest BCUT2D eigenvalue weighted by molar-refractivity contribution is 0.342. The van der Waals surface area contributed by atoms with Gasteiger partial charge in [0.15, 0.2) is 0 Å². The third-order valence-electron chi connectivity index (χ3n) is 4.79. The molecule has 0 aliphatic heterocycles. The van der Waals surface area contributed by atoms with E-state index in [1.807, 2.05) is 11.7 Å². The molecule has 2 rings (SSSR count). The van der Waals surface area contributed by atoms with Gasteiger partial charge in [-0.3, -0.25) is 4.68 Å². The van der Waals surface area contributed by atoms with E-state index in [2.05, 4.69) is 31.2 Å². The van der Waals surface area contributed by atoms with Crippen LogP contribution < -0.4 is 5.32 Å². The zero-order valence-electron chi connectivity index (χ0n) is 12.5. The molecule has 1 aliphatic carbocycles. The highest BCUT2D eigenvalue weighted by molar-refractivity contribution is 6.31. The largest absolute Gasteiger partial charge is 0.308 e. The number of rotatable bonds is 5. The average Bonchev–Trinajstić information content (AvgIpc) is 2.88. The number of aryl methyl sites for hydroxylation is 2. The van der Waals surface area contributed by atoms with E-state index in [4.69, 9.17) is 11.6 Å². The Balaban J connectivity index is 1.98. The Morgan fingerprint density at radius 2 is 2.11 bits per heavy atom. The molecular weight excluding hydrogens is 258 g/mol. The van der Waals surface area contributed by atoms with Gasteiger partial charge in [0.25, 0.3) is 0 Å². The van der Waals surface area contributed by atoms with Gasteiger partial charge in [0.2, 0.25) is 0 Å². The molecule has 3 nitrogen and oxygen atoms in total. The lowest BCUT2D eigenvalue weighted by Crippen LogP contribution is -2.32. The van der Waals surface area contributed by atoms with Gasteiger partial charge in [0, 0.05) is 19.6 Å². The first kappa shape index (κ1) is 14.9.